The smallest absolute Gasteiger partial charge is 0.243 e. The van der Waals surface area contributed by atoms with E-state index >= 15 is 0 Å². The van der Waals surface area contributed by atoms with Crippen molar-refractivity contribution < 1.29 is 14.3 Å². The monoisotopic (exact) mass is 390 g/mol. The van der Waals surface area contributed by atoms with Gasteiger partial charge in [0, 0.05) is 5.69 Å². The molecule has 29 heavy (non-hydrogen) atoms. The summed E-state index contributed by atoms with van der Waals surface area (Å²) in [7, 11) is 1.64. The van der Waals surface area contributed by atoms with Gasteiger partial charge in [-0.15, -0.1) is 0 Å². The van der Waals surface area contributed by atoms with Crippen molar-refractivity contribution in [3.8, 4) is 5.75 Å². The summed E-state index contributed by atoms with van der Waals surface area (Å²) in [5, 5.41) is 7.69. The van der Waals surface area contributed by atoms with Crippen LogP contribution in [0.3, 0.4) is 0 Å². The fourth-order valence-electron chi connectivity index (χ4n) is 3.26. The summed E-state index contributed by atoms with van der Waals surface area (Å²) in [5.74, 6) is 0.0118. The number of amides is 2. The molecule has 1 unspecified atom stereocenters. The van der Waals surface area contributed by atoms with Gasteiger partial charge < -0.3 is 15.4 Å². The number of rotatable bonds is 7. The van der Waals surface area contributed by atoms with Crippen molar-refractivity contribution in [1.82, 2.24) is 5.32 Å². The van der Waals surface area contributed by atoms with Gasteiger partial charge in [0.15, 0.2) is 0 Å². The first kappa shape index (κ1) is 20.4. The van der Waals surface area contributed by atoms with Gasteiger partial charge in [-0.1, -0.05) is 49.4 Å². The Hall–Kier alpha value is -3.34. The van der Waals surface area contributed by atoms with E-state index in [2.05, 4.69) is 10.6 Å². The van der Waals surface area contributed by atoms with E-state index < -0.39 is 0 Å². The summed E-state index contributed by atoms with van der Waals surface area (Å²) in [4.78, 5) is 24.8. The molecule has 0 fully saturated rings. The molecule has 0 bridgehead atoms. The SMILES string of the molecule is CCc1ccccc1NC(=O)CNC(=O)C(C)c1ccc2cc(OC)ccc2c1. The van der Waals surface area contributed by atoms with Crippen molar-refractivity contribution in [2.45, 2.75) is 26.2 Å². The lowest BCUT2D eigenvalue weighted by Crippen LogP contribution is -2.35. The van der Waals surface area contributed by atoms with E-state index in [1.165, 1.54) is 0 Å². The summed E-state index contributed by atoms with van der Waals surface area (Å²) in [6.45, 7) is 3.81. The summed E-state index contributed by atoms with van der Waals surface area (Å²) in [5.41, 5.74) is 2.75. The zero-order chi connectivity index (χ0) is 20.8. The predicted octanol–water partition coefficient (Wildman–Crippen LogP) is 4.27. The van der Waals surface area contributed by atoms with Crippen LogP contribution in [0.4, 0.5) is 5.69 Å². The largest absolute Gasteiger partial charge is 0.497 e. The van der Waals surface area contributed by atoms with Crippen LogP contribution in [0, 0.1) is 0 Å². The Balaban J connectivity index is 1.61. The average Bonchev–Trinajstić information content (AvgIpc) is 2.76. The van der Waals surface area contributed by atoms with Crippen LogP contribution in [-0.2, 0) is 16.0 Å². The minimum atomic E-state index is -0.364. The van der Waals surface area contributed by atoms with Gasteiger partial charge in [-0.3, -0.25) is 9.59 Å². The third-order valence-corrected chi connectivity index (χ3v) is 5.06. The zero-order valence-corrected chi connectivity index (χ0v) is 17.0. The number of methoxy groups -OCH3 is 1. The molecule has 0 saturated carbocycles. The van der Waals surface area contributed by atoms with E-state index in [1.54, 1.807) is 7.11 Å². The molecular weight excluding hydrogens is 364 g/mol. The molecule has 1 atom stereocenters. The number of hydrogen-bond donors (Lipinski definition) is 2. The molecule has 3 aromatic carbocycles. The number of aryl methyl sites for hydroxylation is 1. The number of hydrogen-bond acceptors (Lipinski definition) is 3. The van der Waals surface area contributed by atoms with Crippen LogP contribution in [0.15, 0.2) is 60.7 Å². The van der Waals surface area contributed by atoms with E-state index in [0.29, 0.717) is 0 Å². The second kappa shape index (κ2) is 9.24. The molecule has 0 heterocycles. The Morgan fingerprint density at radius 3 is 2.48 bits per heavy atom. The molecule has 0 spiro atoms. The lowest BCUT2D eigenvalue weighted by Gasteiger charge is -2.14. The Kier molecular flexibility index (Phi) is 6.50. The summed E-state index contributed by atoms with van der Waals surface area (Å²) in [6.07, 6.45) is 0.827. The number of fused-ring (bicyclic) bond motifs is 1. The number of benzene rings is 3. The van der Waals surface area contributed by atoms with Crippen LogP contribution < -0.4 is 15.4 Å². The maximum absolute atomic E-state index is 12.5. The van der Waals surface area contributed by atoms with Gasteiger partial charge in [0.1, 0.15) is 5.75 Å². The van der Waals surface area contributed by atoms with E-state index in [9.17, 15) is 9.59 Å². The van der Waals surface area contributed by atoms with Crippen LogP contribution in [0.2, 0.25) is 0 Å². The van der Waals surface area contributed by atoms with E-state index in [-0.39, 0.29) is 24.3 Å². The first-order valence-corrected chi connectivity index (χ1v) is 9.75. The van der Waals surface area contributed by atoms with E-state index in [1.807, 2.05) is 74.5 Å². The number of nitrogens with one attached hydrogen (secondary N) is 2. The van der Waals surface area contributed by atoms with Crippen molar-refractivity contribution in [2.24, 2.45) is 0 Å². The number of para-hydroxylation sites is 1. The molecule has 2 amide bonds. The first-order valence-electron chi connectivity index (χ1n) is 9.75. The van der Waals surface area contributed by atoms with Crippen LogP contribution in [0.1, 0.15) is 30.9 Å². The van der Waals surface area contributed by atoms with Crippen molar-refractivity contribution >= 4 is 28.3 Å². The van der Waals surface area contributed by atoms with Gasteiger partial charge >= 0.3 is 0 Å². The van der Waals surface area contributed by atoms with E-state index in [4.69, 9.17) is 4.74 Å². The standard InChI is InChI=1S/C24H26N2O3/c1-4-17-7-5-6-8-22(17)26-23(27)15-25-24(28)16(2)18-9-10-20-14-21(29-3)12-11-19(20)13-18/h5-14,16H,4,15H2,1-3H3,(H,25,28)(H,26,27). The number of ether oxygens (including phenoxy) is 1. The number of carbonyl (C=O) groups excluding carboxylic acids is 2. The second-order valence-electron chi connectivity index (χ2n) is 6.97. The van der Waals surface area contributed by atoms with Crippen molar-refractivity contribution in [3.05, 3.63) is 71.8 Å². The predicted molar refractivity (Wildman–Crippen MR) is 116 cm³/mol. The highest BCUT2D eigenvalue weighted by molar-refractivity contribution is 5.96. The lowest BCUT2D eigenvalue weighted by molar-refractivity contribution is -0.125. The maximum Gasteiger partial charge on any atom is 0.243 e. The molecule has 2 N–H and O–H groups in total. The molecule has 3 aromatic rings. The highest BCUT2D eigenvalue weighted by atomic mass is 16.5. The highest BCUT2D eigenvalue weighted by Crippen LogP contribution is 2.25. The van der Waals surface area contributed by atoms with Gasteiger partial charge in [-0.2, -0.15) is 0 Å². The van der Waals surface area contributed by atoms with Crippen molar-refractivity contribution in [1.29, 1.82) is 0 Å². The molecule has 0 aromatic heterocycles. The number of carbonyl (C=O) groups is 2. The summed E-state index contributed by atoms with van der Waals surface area (Å²) in [6, 6.07) is 19.4. The normalized spacial score (nSPS) is 11.7. The molecule has 5 nitrogen and oxygen atoms in total. The molecule has 0 saturated heterocycles. The fourth-order valence-corrected chi connectivity index (χ4v) is 3.26. The molecular formula is C24H26N2O3. The first-order chi connectivity index (χ1) is 14.0. The average molecular weight is 390 g/mol. The van der Waals surface area contributed by atoms with Crippen molar-refractivity contribution in [2.75, 3.05) is 19.0 Å². The zero-order valence-electron chi connectivity index (χ0n) is 17.0. The fraction of sp³-hybridized carbons (Fsp3) is 0.250. The Morgan fingerprint density at radius 1 is 1.00 bits per heavy atom. The Bertz CT molecular complexity index is 1030. The maximum atomic E-state index is 12.5. The quantitative estimate of drug-likeness (QED) is 0.633. The van der Waals surface area contributed by atoms with Gasteiger partial charge in [0.25, 0.3) is 0 Å². The topological polar surface area (TPSA) is 67.4 Å². The van der Waals surface area contributed by atoms with Crippen LogP contribution >= 0.6 is 0 Å². The summed E-state index contributed by atoms with van der Waals surface area (Å²) < 4.78 is 5.25. The molecule has 150 valence electrons. The molecule has 0 aliphatic heterocycles. The van der Waals surface area contributed by atoms with Gasteiger partial charge in [0.2, 0.25) is 11.8 Å². The molecule has 3 rings (SSSR count). The van der Waals surface area contributed by atoms with Gasteiger partial charge in [-0.25, -0.2) is 0 Å². The lowest BCUT2D eigenvalue weighted by atomic mass is 9.97. The molecule has 5 heteroatoms. The van der Waals surface area contributed by atoms with Crippen LogP contribution in [0.25, 0.3) is 10.8 Å². The third-order valence-electron chi connectivity index (χ3n) is 5.06. The summed E-state index contributed by atoms with van der Waals surface area (Å²) >= 11 is 0. The third kappa shape index (κ3) is 4.93. The van der Waals surface area contributed by atoms with Crippen LogP contribution in [-0.4, -0.2) is 25.5 Å². The molecule has 0 aliphatic carbocycles. The van der Waals surface area contributed by atoms with E-state index in [0.717, 1.165) is 39.8 Å². The molecule has 0 radical (unpaired) electrons. The minimum Gasteiger partial charge on any atom is -0.497 e. The highest BCUT2D eigenvalue weighted by Gasteiger charge is 2.17. The van der Waals surface area contributed by atoms with Gasteiger partial charge in [0.05, 0.1) is 19.6 Å². The molecule has 0 aliphatic rings. The second-order valence-corrected chi connectivity index (χ2v) is 6.97. The Morgan fingerprint density at radius 2 is 1.72 bits per heavy atom. The minimum absolute atomic E-state index is 0.0635. The Labute approximate surface area is 171 Å². The van der Waals surface area contributed by atoms with Crippen molar-refractivity contribution in [3.63, 3.8) is 0 Å². The number of anilines is 1. The van der Waals surface area contributed by atoms with Gasteiger partial charge in [-0.05, 0) is 53.4 Å². The van der Waals surface area contributed by atoms with Crippen LogP contribution in [0.5, 0.6) is 5.75 Å².